The summed E-state index contributed by atoms with van der Waals surface area (Å²) >= 11 is 0. The molecular formula is C15H21NO6. The smallest absolute Gasteiger partial charge is 0.229 e. The van der Waals surface area contributed by atoms with E-state index in [1.807, 2.05) is 0 Å². The molecule has 0 saturated carbocycles. The summed E-state index contributed by atoms with van der Waals surface area (Å²) in [5.41, 5.74) is 0.617. The topological polar surface area (TPSA) is 108 Å². The number of hydrogen-bond acceptors (Lipinski definition) is 6. The van der Waals surface area contributed by atoms with Crippen LogP contribution < -0.4 is 10.1 Å². The van der Waals surface area contributed by atoms with Crippen molar-refractivity contribution in [3.63, 3.8) is 0 Å². The third kappa shape index (κ3) is 3.75. The SMILES string of the molecule is CC[C@H]1O[C@H](Oc2ccc(NC(C)=O)cc2)[C@@H](O)[C@@H](O)[C@@H]1O. The molecule has 5 atom stereocenters. The molecule has 7 heteroatoms. The van der Waals surface area contributed by atoms with Crippen molar-refractivity contribution in [2.45, 2.75) is 51.0 Å². The maximum atomic E-state index is 10.9. The van der Waals surface area contributed by atoms with Crippen LogP contribution in [0.4, 0.5) is 5.69 Å². The molecule has 1 fully saturated rings. The van der Waals surface area contributed by atoms with E-state index in [1.165, 1.54) is 6.92 Å². The van der Waals surface area contributed by atoms with Gasteiger partial charge in [-0.1, -0.05) is 6.92 Å². The van der Waals surface area contributed by atoms with Gasteiger partial charge in [0, 0.05) is 12.6 Å². The maximum absolute atomic E-state index is 10.9. The van der Waals surface area contributed by atoms with Gasteiger partial charge in [-0.3, -0.25) is 4.79 Å². The second-order valence-electron chi connectivity index (χ2n) is 5.25. The molecule has 22 heavy (non-hydrogen) atoms. The molecule has 0 radical (unpaired) electrons. The molecule has 122 valence electrons. The van der Waals surface area contributed by atoms with Crippen molar-refractivity contribution in [2.24, 2.45) is 0 Å². The highest BCUT2D eigenvalue weighted by Gasteiger charge is 2.44. The van der Waals surface area contributed by atoms with Crippen molar-refractivity contribution in [3.05, 3.63) is 24.3 Å². The molecule has 0 unspecified atom stereocenters. The molecule has 1 aliphatic rings. The summed E-state index contributed by atoms with van der Waals surface area (Å²) < 4.78 is 11.0. The van der Waals surface area contributed by atoms with Gasteiger partial charge in [-0.05, 0) is 30.7 Å². The molecule has 0 bridgehead atoms. The van der Waals surface area contributed by atoms with Gasteiger partial charge in [0.1, 0.15) is 24.1 Å². The Bertz CT molecular complexity index is 503. The summed E-state index contributed by atoms with van der Waals surface area (Å²) in [7, 11) is 0. The minimum atomic E-state index is -1.35. The van der Waals surface area contributed by atoms with Gasteiger partial charge in [0.25, 0.3) is 0 Å². The number of amides is 1. The zero-order valence-electron chi connectivity index (χ0n) is 12.5. The lowest BCUT2D eigenvalue weighted by molar-refractivity contribution is -0.272. The molecule has 1 aliphatic heterocycles. The van der Waals surface area contributed by atoms with Crippen LogP contribution in [-0.2, 0) is 9.53 Å². The first kappa shape index (κ1) is 16.7. The predicted molar refractivity (Wildman–Crippen MR) is 78.3 cm³/mol. The Morgan fingerprint density at radius 2 is 1.82 bits per heavy atom. The Morgan fingerprint density at radius 1 is 1.18 bits per heavy atom. The maximum Gasteiger partial charge on any atom is 0.229 e. The highest BCUT2D eigenvalue weighted by Crippen LogP contribution is 2.26. The summed E-state index contributed by atoms with van der Waals surface area (Å²) in [4.78, 5) is 10.9. The molecule has 1 aromatic rings. The summed E-state index contributed by atoms with van der Waals surface area (Å²) in [5.74, 6) is 0.235. The van der Waals surface area contributed by atoms with Crippen LogP contribution in [0.25, 0.3) is 0 Å². The molecule has 0 aromatic heterocycles. The minimum Gasteiger partial charge on any atom is -0.462 e. The monoisotopic (exact) mass is 311 g/mol. The van der Waals surface area contributed by atoms with E-state index >= 15 is 0 Å². The molecule has 1 amide bonds. The number of benzene rings is 1. The molecule has 1 heterocycles. The number of hydrogen-bond donors (Lipinski definition) is 4. The molecular weight excluding hydrogens is 290 g/mol. The van der Waals surface area contributed by atoms with Gasteiger partial charge in [-0.15, -0.1) is 0 Å². The number of aliphatic hydroxyl groups excluding tert-OH is 3. The van der Waals surface area contributed by atoms with Gasteiger partial charge in [0.15, 0.2) is 0 Å². The average Bonchev–Trinajstić information content (AvgIpc) is 2.49. The van der Waals surface area contributed by atoms with E-state index in [0.29, 0.717) is 17.9 Å². The van der Waals surface area contributed by atoms with Crippen molar-refractivity contribution >= 4 is 11.6 Å². The zero-order chi connectivity index (χ0) is 16.3. The first-order valence-corrected chi connectivity index (χ1v) is 7.16. The standard InChI is InChI=1S/C15H21NO6/c1-3-11-12(18)13(19)14(20)15(22-11)21-10-6-4-9(5-7-10)16-8(2)17/h4-7,11-15,18-20H,3H2,1-2H3,(H,16,17)/t11-,12-,13+,14+,15+/m1/s1. The normalized spacial score (nSPS) is 31.6. The number of anilines is 1. The summed E-state index contributed by atoms with van der Waals surface area (Å²) in [6.45, 7) is 3.21. The van der Waals surface area contributed by atoms with Crippen LogP contribution in [0.1, 0.15) is 20.3 Å². The van der Waals surface area contributed by atoms with E-state index in [1.54, 1.807) is 31.2 Å². The fourth-order valence-corrected chi connectivity index (χ4v) is 2.31. The Labute approximate surface area is 128 Å². The fraction of sp³-hybridized carbons (Fsp3) is 0.533. The highest BCUT2D eigenvalue weighted by atomic mass is 16.7. The van der Waals surface area contributed by atoms with Crippen molar-refractivity contribution in [1.29, 1.82) is 0 Å². The van der Waals surface area contributed by atoms with E-state index in [0.717, 1.165) is 0 Å². The zero-order valence-corrected chi connectivity index (χ0v) is 12.5. The molecule has 1 saturated heterocycles. The highest BCUT2D eigenvalue weighted by molar-refractivity contribution is 5.88. The fourth-order valence-electron chi connectivity index (χ4n) is 2.31. The average molecular weight is 311 g/mol. The number of rotatable bonds is 4. The van der Waals surface area contributed by atoms with Crippen LogP contribution in [-0.4, -0.2) is 51.9 Å². The van der Waals surface area contributed by atoms with E-state index in [4.69, 9.17) is 9.47 Å². The first-order chi connectivity index (χ1) is 10.4. The Kier molecular flexibility index (Phi) is 5.36. The predicted octanol–water partition coefficient (Wildman–Crippen LogP) is 0.241. The quantitative estimate of drug-likeness (QED) is 0.634. The van der Waals surface area contributed by atoms with Gasteiger partial charge in [-0.25, -0.2) is 0 Å². The molecule has 1 aromatic carbocycles. The lowest BCUT2D eigenvalue weighted by atomic mass is 9.97. The number of carbonyl (C=O) groups is 1. The molecule has 7 nitrogen and oxygen atoms in total. The van der Waals surface area contributed by atoms with Crippen LogP contribution >= 0.6 is 0 Å². The first-order valence-electron chi connectivity index (χ1n) is 7.16. The number of carbonyl (C=O) groups excluding carboxylic acids is 1. The Hall–Kier alpha value is -1.67. The van der Waals surface area contributed by atoms with Gasteiger partial charge in [0.2, 0.25) is 12.2 Å². The third-order valence-electron chi connectivity index (χ3n) is 3.50. The van der Waals surface area contributed by atoms with E-state index < -0.39 is 30.7 Å². The van der Waals surface area contributed by atoms with Crippen molar-refractivity contribution in [1.82, 2.24) is 0 Å². The molecule has 0 spiro atoms. The second kappa shape index (κ2) is 7.06. The van der Waals surface area contributed by atoms with Crippen LogP contribution in [0, 0.1) is 0 Å². The minimum absolute atomic E-state index is 0.178. The van der Waals surface area contributed by atoms with E-state index in [-0.39, 0.29) is 5.91 Å². The molecule has 0 aliphatic carbocycles. The summed E-state index contributed by atoms with van der Waals surface area (Å²) in [6.07, 6.45) is -5.04. The Balaban J connectivity index is 2.04. The van der Waals surface area contributed by atoms with Gasteiger partial charge in [-0.2, -0.15) is 0 Å². The Morgan fingerprint density at radius 3 is 2.36 bits per heavy atom. The number of ether oxygens (including phenoxy) is 2. The van der Waals surface area contributed by atoms with Crippen LogP contribution in [0.5, 0.6) is 5.75 Å². The van der Waals surface area contributed by atoms with Crippen LogP contribution in [0.15, 0.2) is 24.3 Å². The van der Waals surface area contributed by atoms with E-state index in [9.17, 15) is 20.1 Å². The third-order valence-corrected chi connectivity index (χ3v) is 3.50. The molecule has 4 N–H and O–H groups in total. The van der Waals surface area contributed by atoms with Gasteiger partial charge >= 0.3 is 0 Å². The van der Waals surface area contributed by atoms with E-state index in [2.05, 4.69) is 5.32 Å². The summed E-state index contributed by atoms with van der Waals surface area (Å²) in [6, 6.07) is 6.52. The molecule has 2 rings (SSSR count). The lowest BCUT2D eigenvalue weighted by Crippen LogP contribution is -2.58. The van der Waals surface area contributed by atoms with Crippen LogP contribution in [0.3, 0.4) is 0 Å². The largest absolute Gasteiger partial charge is 0.462 e. The van der Waals surface area contributed by atoms with Crippen LogP contribution in [0.2, 0.25) is 0 Å². The number of aliphatic hydroxyl groups is 3. The second-order valence-corrected chi connectivity index (χ2v) is 5.25. The van der Waals surface area contributed by atoms with Gasteiger partial charge < -0.3 is 30.1 Å². The summed E-state index contributed by atoms with van der Waals surface area (Å²) in [5, 5.41) is 32.2. The lowest BCUT2D eigenvalue weighted by Gasteiger charge is -2.40. The van der Waals surface area contributed by atoms with Crippen molar-refractivity contribution in [2.75, 3.05) is 5.32 Å². The van der Waals surface area contributed by atoms with Crippen molar-refractivity contribution in [3.8, 4) is 5.75 Å². The number of nitrogens with one attached hydrogen (secondary N) is 1. The van der Waals surface area contributed by atoms with Gasteiger partial charge in [0.05, 0.1) is 6.10 Å². The van der Waals surface area contributed by atoms with Crippen molar-refractivity contribution < 1.29 is 29.6 Å².